The van der Waals surface area contributed by atoms with Crippen LogP contribution in [0.15, 0.2) is 17.6 Å². The van der Waals surface area contributed by atoms with Gasteiger partial charge in [0, 0.05) is 30.5 Å². The monoisotopic (exact) mass is 278 g/mol. The summed E-state index contributed by atoms with van der Waals surface area (Å²) in [4.78, 5) is 4.76. The van der Waals surface area contributed by atoms with Crippen molar-refractivity contribution in [1.29, 1.82) is 0 Å². The molecule has 0 aromatic carbocycles. The average Bonchev–Trinajstić information content (AvgIpc) is 2.94. The summed E-state index contributed by atoms with van der Waals surface area (Å²) in [6.45, 7) is 6.59. The first-order chi connectivity index (χ1) is 8.91. The molecule has 5 heteroatoms. The van der Waals surface area contributed by atoms with Gasteiger partial charge in [-0.05, 0) is 13.1 Å². The van der Waals surface area contributed by atoms with Crippen LogP contribution in [0.1, 0.15) is 43.2 Å². The van der Waals surface area contributed by atoms with Gasteiger partial charge in [0.05, 0.1) is 22.4 Å². The summed E-state index contributed by atoms with van der Waals surface area (Å²) in [7, 11) is 3.96. The van der Waals surface area contributed by atoms with E-state index in [1.54, 1.807) is 11.3 Å². The Morgan fingerprint density at radius 2 is 2.16 bits per heavy atom. The molecule has 0 aliphatic rings. The smallest absolute Gasteiger partial charge is 0.0948 e. The molecule has 1 atom stereocenters. The first kappa shape index (κ1) is 14.2. The van der Waals surface area contributed by atoms with Crippen LogP contribution in [0.25, 0.3) is 0 Å². The second-order valence-corrected chi connectivity index (χ2v) is 6.74. The van der Waals surface area contributed by atoms with Crippen LogP contribution in [-0.4, -0.2) is 21.8 Å². The van der Waals surface area contributed by atoms with Crippen molar-refractivity contribution in [2.24, 2.45) is 7.05 Å². The van der Waals surface area contributed by atoms with Crippen LogP contribution in [0, 0.1) is 0 Å². The lowest BCUT2D eigenvalue weighted by atomic mass is 9.93. The van der Waals surface area contributed by atoms with E-state index >= 15 is 0 Å². The molecule has 104 valence electrons. The first-order valence-corrected chi connectivity index (χ1v) is 7.40. The molecule has 2 heterocycles. The predicted octanol–water partition coefficient (Wildman–Crippen LogP) is 2.68. The first-order valence-electron chi connectivity index (χ1n) is 6.52. The van der Waals surface area contributed by atoms with Crippen molar-refractivity contribution in [1.82, 2.24) is 20.1 Å². The number of rotatable bonds is 4. The van der Waals surface area contributed by atoms with Crippen molar-refractivity contribution in [3.05, 3.63) is 34.0 Å². The summed E-state index contributed by atoms with van der Waals surface area (Å²) in [6.07, 6.45) is 2.74. The fourth-order valence-corrected chi connectivity index (χ4v) is 3.07. The Hall–Kier alpha value is -1.20. The van der Waals surface area contributed by atoms with Crippen LogP contribution in [0.5, 0.6) is 0 Å². The molecule has 0 radical (unpaired) electrons. The summed E-state index contributed by atoms with van der Waals surface area (Å²) in [5.41, 5.74) is 2.48. The van der Waals surface area contributed by atoms with E-state index in [2.05, 4.69) is 42.6 Å². The van der Waals surface area contributed by atoms with Crippen LogP contribution in [0.4, 0.5) is 0 Å². The van der Waals surface area contributed by atoms with E-state index in [-0.39, 0.29) is 11.5 Å². The van der Waals surface area contributed by atoms with Crippen molar-refractivity contribution in [3.63, 3.8) is 0 Å². The molecule has 0 saturated heterocycles. The summed E-state index contributed by atoms with van der Waals surface area (Å²) in [5, 5.41) is 10.9. The summed E-state index contributed by atoms with van der Waals surface area (Å²) >= 11 is 1.74. The Morgan fingerprint density at radius 3 is 2.63 bits per heavy atom. The van der Waals surface area contributed by atoms with Gasteiger partial charge in [0.15, 0.2) is 0 Å². The largest absolute Gasteiger partial charge is 0.311 e. The quantitative estimate of drug-likeness (QED) is 0.935. The molecule has 0 fully saturated rings. The van der Waals surface area contributed by atoms with Crippen LogP contribution in [-0.2, 0) is 18.9 Å². The third kappa shape index (κ3) is 3.22. The fraction of sp³-hybridized carbons (Fsp3) is 0.571. The van der Waals surface area contributed by atoms with Crippen molar-refractivity contribution in [3.8, 4) is 0 Å². The van der Waals surface area contributed by atoms with Gasteiger partial charge in [-0.2, -0.15) is 5.10 Å². The van der Waals surface area contributed by atoms with Gasteiger partial charge in [-0.1, -0.05) is 20.8 Å². The topological polar surface area (TPSA) is 42.7 Å². The Morgan fingerprint density at radius 1 is 1.42 bits per heavy atom. The zero-order valence-corrected chi connectivity index (χ0v) is 13.1. The minimum absolute atomic E-state index is 0.121. The highest BCUT2D eigenvalue weighted by Crippen LogP contribution is 2.26. The predicted molar refractivity (Wildman–Crippen MR) is 79.5 cm³/mol. The number of likely N-dealkylation sites (N-methyl/N-ethyl adjacent to an activating group) is 1. The molecular formula is C14H22N4S. The number of aromatic nitrogens is 3. The normalized spacial score (nSPS) is 13.7. The van der Waals surface area contributed by atoms with Crippen molar-refractivity contribution in [2.75, 3.05) is 7.05 Å². The van der Waals surface area contributed by atoms with E-state index < -0.39 is 0 Å². The second-order valence-electron chi connectivity index (χ2n) is 5.80. The Balaban J connectivity index is 2.16. The van der Waals surface area contributed by atoms with Gasteiger partial charge >= 0.3 is 0 Å². The number of aryl methyl sites for hydroxylation is 1. The third-order valence-corrected chi connectivity index (χ3v) is 4.13. The van der Waals surface area contributed by atoms with Gasteiger partial charge in [-0.3, -0.25) is 4.68 Å². The van der Waals surface area contributed by atoms with Crippen LogP contribution in [0.3, 0.4) is 0 Å². The van der Waals surface area contributed by atoms with E-state index in [4.69, 9.17) is 4.98 Å². The van der Waals surface area contributed by atoms with Crippen LogP contribution < -0.4 is 5.32 Å². The van der Waals surface area contributed by atoms with Gasteiger partial charge in [0.2, 0.25) is 0 Å². The maximum Gasteiger partial charge on any atom is 0.0948 e. The Labute approximate surface area is 118 Å². The average molecular weight is 278 g/mol. The zero-order valence-electron chi connectivity index (χ0n) is 12.3. The molecule has 1 N–H and O–H groups in total. The van der Waals surface area contributed by atoms with Crippen molar-refractivity contribution >= 4 is 11.3 Å². The summed E-state index contributed by atoms with van der Waals surface area (Å²) in [6, 6.07) is 2.31. The van der Waals surface area contributed by atoms with E-state index in [0.717, 1.165) is 6.42 Å². The highest BCUT2D eigenvalue weighted by atomic mass is 32.1. The summed E-state index contributed by atoms with van der Waals surface area (Å²) < 4.78 is 1.92. The highest BCUT2D eigenvalue weighted by Gasteiger charge is 2.20. The third-order valence-electron chi connectivity index (χ3n) is 3.26. The Kier molecular flexibility index (Phi) is 4.06. The number of hydrogen-bond donors (Lipinski definition) is 1. The highest BCUT2D eigenvalue weighted by molar-refractivity contribution is 7.09. The SMILES string of the molecule is CNC(Cc1nc(C(C)(C)C)cs1)c1ccnn1C. The molecular weight excluding hydrogens is 256 g/mol. The second kappa shape index (κ2) is 5.43. The minimum atomic E-state index is 0.121. The van der Waals surface area contributed by atoms with Crippen molar-refractivity contribution in [2.45, 2.75) is 38.6 Å². The minimum Gasteiger partial charge on any atom is -0.311 e. The molecule has 19 heavy (non-hydrogen) atoms. The van der Waals surface area contributed by atoms with E-state index in [1.165, 1.54) is 16.4 Å². The standard InChI is InChI=1S/C14H22N4S/c1-14(2,3)12-9-19-13(17-12)8-10(15-4)11-6-7-16-18(11)5/h6-7,9-10,15H,8H2,1-5H3. The number of nitrogens with one attached hydrogen (secondary N) is 1. The maximum atomic E-state index is 4.76. The van der Waals surface area contributed by atoms with Gasteiger partial charge in [0.25, 0.3) is 0 Å². The molecule has 0 aliphatic heterocycles. The molecule has 0 saturated carbocycles. The lowest BCUT2D eigenvalue weighted by molar-refractivity contribution is 0.530. The number of hydrogen-bond acceptors (Lipinski definition) is 4. The molecule has 1 unspecified atom stereocenters. The maximum absolute atomic E-state index is 4.76. The molecule has 0 bridgehead atoms. The lowest BCUT2D eigenvalue weighted by Crippen LogP contribution is -2.21. The molecule has 0 amide bonds. The molecule has 0 spiro atoms. The number of nitrogens with zero attached hydrogens (tertiary/aromatic N) is 3. The van der Waals surface area contributed by atoms with Gasteiger partial charge < -0.3 is 5.32 Å². The molecule has 2 aromatic rings. The van der Waals surface area contributed by atoms with E-state index in [0.29, 0.717) is 0 Å². The molecule has 2 rings (SSSR count). The zero-order chi connectivity index (χ0) is 14.0. The lowest BCUT2D eigenvalue weighted by Gasteiger charge is -2.16. The van der Waals surface area contributed by atoms with Crippen molar-refractivity contribution < 1.29 is 0 Å². The van der Waals surface area contributed by atoms with Gasteiger partial charge in [0.1, 0.15) is 0 Å². The van der Waals surface area contributed by atoms with Gasteiger partial charge in [-0.25, -0.2) is 4.98 Å². The number of thiazole rings is 1. The van der Waals surface area contributed by atoms with E-state index in [1.807, 2.05) is 25.0 Å². The summed E-state index contributed by atoms with van der Waals surface area (Å²) in [5.74, 6) is 0. The van der Waals surface area contributed by atoms with Crippen LogP contribution >= 0.6 is 11.3 Å². The molecule has 2 aromatic heterocycles. The van der Waals surface area contributed by atoms with Crippen LogP contribution in [0.2, 0.25) is 0 Å². The fourth-order valence-electron chi connectivity index (χ4n) is 2.00. The molecule has 0 aliphatic carbocycles. The molecule has 4 nitrogen and oxygen atoms in total. The van der Waals surface area contributed by atoms with Gasteiger partial charge in [-0.15, -0.1) is 11.3 Å². The van der Waals surface area contributed by atoms with E-state index in [9.17, 15) is 0 Å². The Bertz CT molecular complexity index is 536.